The number of hydrogen-bond donors (Lipinski definition) is 2. The number of thiophene rings is 2. The summed E-state index contributed by atoms with van der Waals surface area (Å²) in [6, 6.07) is 3.78. The molecule has 0 radical (unpaired) electrons. The smallest absolute Gasteiger partial charge is 0.339 e. The van der Waals surface area contributed by atoms with Crippen molar-refractivity contribution in [2.24, 2.45) is 0 Å². The van der Waals surface area contributed by atoms with E-state index in [0.29, 0.717) is 11.4 Å². The van der Waals surface area contributed by atoms with E-state index in [9.17, 15) is 14.7 Å². The Morgan fingerprint density at radius 3 is 2.70 bits per heavy atom. The van der Waals surface area contributed by atoms with Gasteiger partial charge in [-0.15, -0.1) is 22.7 Å². The third kappa shape index (κ3) is 3.08. The fourth-order valence-corrected chi connectivity index (χ4v) is 3.92. The molecule has 1 amide bonds. The van der Waals surface area contributed by atoms with E-state index in [4.69, 9.17) is 0 Å². The number of nitrogens with one attached hydrogen (secondary N) is 1. The summed E-state index contributed by atoms with van der Waals surface area (Å²) in [4.78, 5) is 25.2. The van der Waals surface area contributed by atoms with E-state index in [1.165, 1.54) is 22.7 Å². The van der Waals surface area contributed by atoms with Crippen LogP contribution in [0.25, 0.3) is 0 Å². The first kappa shape index (κ1) is 14.7. The molecule has 2 N–H and O–H groups in total. The third-order valence-electron chi connectivity index (χ3n) is 2.94. The van der Waals surface area contributed by atoms with E-state index in [1.54, 1.807) is 0 Å². The average molecular weight is 309 g/mol. The first-order valence-electron chi connectivity index (χ1n) is 6.20. The summed E-state index contributed by atoms with van der Waals surface area (Å²) < 4.78 is 0. The first-order chi connectivity index (χ1) is 9.52. The predicted octanol–water partition coefficient (Wildman–Crippen LogP) is 3.56. The monoisotopic (exact) mass is 309 g/mol. The van der Waals surface area contributed by atoms with Gasteiger partial charge in [0.2, 0.25) is 5.91 Å². The molecule has 0 aliphatic rings. The molecule has 106 valence electrons. The molecule has 2 aromatic rings. The minimum atomic E-state index is -0.988. The molecule has 6 heteroatoms. The van der Waals surface area contributed by atoms with Crippen molar-refractivity contribution in [3.63, 3.8) is 0 Å². The summed E-state index contributed by atoms with van der Waals surface area (Å²) in [5.41, 5.74) is 1.03. The molecule has 0 fully saturated rings. The summed E-state index contributed by atoms with van der Waals surface area (Å²) in [5, 5.41) is 14.4. The number of anilines is 1. The Balaban J connectivity index is 2.20. The molecule has 20 heavy (non-hydrogen) atoms. The van der Waals surface area contributed by atoms with E-state index in [2.05, 4.69) is 5.32 Å². The second-order valence-electron chi connectivity index (χ2n) is 4.30. The number of rotatable bonds is 5. The first-order valence-corrected chi connectivity index (χ1v) is 7.90. The van der Waals surface area contributed by atoms with E-state index in [1.807, 2.05) is 31.4 Å². The van der Waals surface area contributed by atoms with Crippen LogP contribution in [0.15, 0.2) is 17.5 Å². The fraction of sp³-hybridized carbons (Fsp3) is 0.286. The highest BCUT2D eigenvalue weighted by Gasteiger charge is 2.21. The number of carboxylic acids is 1. The van der Waals surface area contributed by atoms with Crippen molar-refractivity contribution >= 4 is 39.6 Å². The lowest BCUT2D eigenvalue weighted by Crippen LogP contribution is -2.15. The Kier molecular flexibility index (Phi) is 4.57. The van der Waals surface area contributed by atoms with Gasteiger partial charge < -0.3 is 10.4 Å². The zero-order valence-corrected chi connectivity index (χ0v) is 12.9. The van der Waals surface area contributed by atoms with Gasteiger partial charge in [0, 0.05) is 9.75 Å². The van der Waals surface area contributed by atoms with Crippen molar-refractivity contribution < 1.29 is 14.7 Å². The van der Waals surface area contributed by atoms with Crippen molar-refractivity contribution in [3.05, 3.63) is 38.4 Å². The summed E-state index contributed by atoms with van der Waals surface area (Å²) in [6.07, 6.45) is 0.917. The molecule has 0 bridgehead atoms. The highest BCUT2D eigenvalue weighted by molar-refractivity contribution is 7.16. The van der Waals surface area contributed by atoms with Gasteiger partial charge >= 0.3 is 5.97 Å². The number of aromatic carboxylic acids is 1. The van der Waals surface area contributed by atoms with Gasteiger partial charge in [0.05, 0.1) is 12.0 Å². The van der Waals surface area contributed by atoms with Gasteiger partial charge in [-0.25, -0.2) is 4.79 Å². The number of aryl methyl sites for hydroxylation is 1. The number of carboxylic acid groups (broad SMARTS) is 1. The Hall–Kier alpha value is -1.66. The van der Waals surface area contributed by atoms with Crippen LogP contribution < -0.4 is 5.32 Å². The van der Waals surface area contributed by atoms with Crippen molar-refractivity contribution in [1.82, 2.24) is 0 Å². The molecule has 0 saturated carbocycles. The molecule has 2 aromatic heterocycles. The Morgan fingerprint density at radius 1 is 1.40 bits per heavy atom. The molecule has 0 aromatic carbocycles. The molecule has 0 aliphatic heterocycles. The summed E-state index contributed by atoms with van der Waals surface area (Å²) in [7, 11) is 0. The summed E-state index contributed by atoms with van der Waals surface area (Å²) >= 11 is 2.84. The second-order valence-corrected chi connectivity index (χ2v) is 6.56. The van der Waals surface area contributed by atoms with Gasteiger partial charge in [-0.2, -0.15) is 0 Å². The van der Waals surface area contributed by atoms with Crippen molar-refractivity contribution in [2.75, 3.05) is 5.32 Å². The lowest BCUT2D eigenvalue weighted by Gasteiger charge is -2.04. The molecule has 0 atom stereocenters. The number of amides is 1. The zero-order chi connectivity index (χ0) is 14.7. The van der Waals surface area contributed by atoms with Crippen molar-refractivity contribution in [2.45, 2.75) is 26.7 Å². The van der Waals surface area contributed by atoms with Crippen LogP contribution in [0.2, 0.25) is 0 Å². The molecular weight excluding hydrogens is 294 g/mol. The normalized spacial score (nSPS) is 10.5. The minimum absolute atomic E-state index is 0.182. The molecule has 0 spiro atoms. The average Bonchev–Trinajstić information content (AvgIpc) is 2.96. The number of hydrogen-bond acceptors (Lipinski definition) is 4. The molecule has 0 aliphatic carbocycles. The highest BCUT2D eigenvalue weighted by atomic mass is 32.1. The van der Waals surface area contributed by atoms with Crippen molar-refractivity contribution in [3.8, 4) is 0 Å². The van der Waals surface area contributed by atoms with Crippen LogP contribution in [0, 0.1) is 6.92 Å². The van der Waals surface area contributed by atoms with Gasteiger partial charge in [0.25, 0.3) is 0 Å². The summed E-state index contributed by atoms with van der Waals surface area (Å²) in [6.45, 7) is 3.80. The summed E-state index contributed by atoms with van der Waals surface area (Å²) in [5.74, 6) is -1.17. The maximum absolute atomic E-state index is 12.0. The maximum Gasteiger partial charge on any atom is 0.339 e. The van der Waals surface area contributed by atoms with Crippen LogP contribution in [0.4, 0.5) is 5.00 Å². The van der Waals surface area contributed by atoms with Crippen LogP contribution in [0.5, 0.6) is 0 Å². The quantitative estimate of drug-likeness (QED) is 0.887. The maximum atomic E-state index is 12.0. The second kappa shape index (κ2) is 6.19. The van der Waals surface area contributed by atoms with Crippen molar-refractivity contribution in [1.29, 1.82) is 0 Å². The molecular formula is C14H15NO3S2. The van der Waals surface area contributed by atoms with Crippen LogP contribution >= 0.6 is 22.7 Å². The van der Waals surface area contributed by atoms with Gasteiger partial charge in [-0.3, -0.25) is 4.79 Å². The van der Waals surface area contributed by atoms with Gasteiger partial charge in [0.1, 0.15) is 5.00 Å². The van der Waals surface area contributed by atoms with E-state index < -0.39 is 5.97 Å². The predicted molar refractivity (Wildman–Crippen MR) is 82.0 cm³/mol. The lowest BCUT2D eigenvalue weighted by atomic mass is 10.1. The minimum Gasteiger partial charge on any atom is -0.478 e. The Labute approximate surface area is 125 Å². The van der Waals surface area contributed by atoms with E-state index in [-0.39, 0.29) is 17.9 Å². The van der Waals surface area contributed by atoms with Crippen LogP contribution in [0.1, 0.15) is 32.6 Å². The van der Waals surface area contributed by atoms with Gasteiger partial charge in [-0.05, 0) is 30.4 Å². The molecule has 2 rings (SSSR count). The van der Waals surface area contributed by atoms with Crippen LogP contribution in [-0.2, 0) is 17.6 Å². The Morgan fingerprint density at radius 2 is 2.15 bits per heavy atom. The molecule has 2 heterocycles. The van der Waals surface area contributed by atoms with Crippen LogP contribution in [0.3, 0.4) is 0 Å². The zero-order valence-electron chi connectivity index (χ0n) is 11.2. The third-order valence-corrected chi connectivity index (χ3v) is 4.88. The number of carbonyl (C=O) groups is 2. The largest absolute Gasteiger partial charge is 0.478 e. The van der Waals surface area contributed by atoms with E-state index in [0.717, 1.165) is 15.3 Å². The SMILES string of the molecule is CCc1c(C)sc(NC(=O)Cc2cccs2)c1C(=O)O. The highest BCUT2D eigenvalue weighted by Crippen LogP contribution is 2.33. The molecule has 0 unspecified atom stereocenters. The van der Waals surface area contributed by atoms with Gasteiger partial charge in [-0.1, -0.05) is 13.0 Å². The standard InChI is InChI=1S/C14H15NO3S2/c1-3-10-8(2)20-13(12(10)14(17)18)15-11(16)7-9-5-4-6-19-9/h4-6H,3,7H2,1-2H3,(H,15,16)(H,17,18). The van der Waals surface area contributed by atoms with Crippen LogP contribution in [-0.4, -0.2) is 17.0 Å². The topological polar surface area (TPSA) is 66.4 Å². The lowest BCUT2D eigenvalue weighted by molar-refractivity contribution is -0.115. The van der Waals surface area contributed by atoms with Gasteiger partial charge in [0.15, 0.2) is 0 Å². The molecule has 0 saturated heterocycles. The Bertz CT molecular complexity index is 629. The number of carbonyl (C=O) groups excluding carboxylic acids is 1. The molecule has 4 nitrogen and oxygen atoms in total. The van der Waals surface area contributed by atoms with E-state index >= 15 is 0 Å². The fourth-order valence-electron chi connectivity index (χ4n) is 2.06.